The Morgan fingerprint density at radius 3 is 1.03 bits per heavy atom. The molecule has 0 N–H and O–H groups in total. The Morgan fingerprint density at radius 2 is 0.547 bits per heavy atom. The van der Waals surface area contributed by atoms with E-state index in [1.165, 1.54) is 11.1 Å². The third-order valence-corrected chi connectivity index (χ3v) is 12.7. The van der Waals surface area contributed by atoms with Gasteiger partial charge in [0, 0.05) is 71.6 Å². The first-order valence-corrected chi connectivity index (χ1v) is 21.7. The minimum Gasteiger partial charge on any atom is -0.455 e. The van der Waals surface area contributed by atoms with E-state index in [2.05, 4.69) is 205 Å². The van der Waals surface area contributed by atoms with Crippen molar-refractivity contribution in [2.45, 2.75) is 0 Å². The number of nitrogens with zero attached hydrogens (tertiary/aromatic N) is 1. The Hall–Kier alpha value is -8.60. The lowest BCUT2D eigenvalue weighted by atomic mass is 9.98. The van der Waals surface area contributed by atoms with Crippen LogP contribution in [0.3, 0.4) is 0 Å². The first kappa shape index (κ1) is 36.1. The molecule has 0 atom stereocenters. The molecule has 4 nitrogen and oxygen atoms in total. The molecular weight excluding hydrogens is 783 g/mol. The first-order chi connectivity index (χ1) is 31.7. The second kappa shape index (κ2) is 14.5. The predicted molar refractivity (Wildman–Crippen MR) is 265 cm³/mol. The summed E-state index contributed by atoms with van der Waals surface area (Å²) in [7, 11) is 0. The average Bonchev–Trinajstić information content (AvgIpc) is 4.07. The fourth-order valence-electron chi connectivity index (χ4n) is 9.65. The highest BCUT2D eigenvalue weighted by molar-refractivity contribution is 6.16. The molecule has 4 heteroatoms. The van der Waals surface area contributed by atoms with E-state index in [-0.39, 0.29) is 0 Å². The molecule has 0 spiro atoms. The summed E-state index contributed by atoms with van der Waals surface area (Å²) in [5, 5.41) is 6.61. The quantitative estimate of drug-likeness (QED) is 0.161. The number of fused-ring (bicyclic) bond motifs is 9. The molecule has 0 unspecified atom stereocenters. The van der Waals surface area contributed by atoms with Crippen molar-refractivity contribution in [2.75, 3.05) is 4.90 Å². The van der Waals surface area contributed by atoms with E-state index in [0.717, 1.165) is 116 Å². The second-order valence-electron chi connectivity index (χ2n) is 16.4. The van der Waals surface area contributed by atoms with Gasteiger partial charge in [-0.15, -0.1) is 0 Å². The van der Waals surface area contributed by atoms with E-state index >= 15 is 0 Å². The van der Waals surface area contributed by atoms with E-state index in [1.54, 1.807) is 0 Å². The zero-order valence-electron chi connectivity index (χ0n) is 34.5. The van der Waals surface area contributed by atoms with Crippen LogP contribution in [-0.4, -0.2) is 0 Å². The van der Waals surface area contributed by atoms with Gasteiger partial charge in [-0.2, -0.15) is 0 Å². The van der Waals surface area contributed by atoms with Gasteiger partial charge >= 0.3 is 0 Å². The zero-order valence-corrected chi connectivity index (χ0v) is 34.5. The van der Waals surface area contributed by atoms with Crippen molar-refractivity contribution in [3.05, 3.63) is 224 Å². The van der Waals surface area contributed by atoms with Gasteiger partial charge in [0.15, 0.2) is 0 Å². The van der Waals surface area contributed by atoms with Crippen LogP contribution >= 0.6 is 0 Å². The summed E-state index contributed by atoms with van der Waals surface area (Å²) in [4.78, 5) is 2.32. The molecule has 3 heterocycles. The minimum absolute atomic E-state index is 0.847. The van der Waals surface area contributed by atoms with Crippen LogP contribution in [0.2, 0.25) is 0 Å². The lowest BCUT2D eigenvalue weighted by Gasteiger charge is -2.26. The largest absolute Gasteiger partial charge is 0.455 e. The standard InChI is InChI=1S/C60H37NO3/c1-2-12-38(13-3-1)39-26-32-42(33-27-39)61(43-34-28-40(29-35-43)45-16-8-18-49-47-14-4-6-24-55(47)62-57(45)49)44-36-30-41(31-37-44)46-17-9-20-51-53-22-11-23-54(60(53)64-58(46)51)52-21-10-19-50-48-15-5-7-25-56(48)63-59(50)52/h1-37H. The number of furan rings is 3. The maximum atomic E-state index is 6.94. The molecule has 0 saturated carbocycles. The molecular formula is C60H37NO3. The predicted octanol–water partition coefficient (Wildman–Crippen LogP) is 17.5. The number of anilines is 3. The molecule has 300 valence electrons. The lowest BCUT2D eigenvalue weighted by molar-refractivity contribution is 0.665. The van der Waals surface area contributed by atoms with Crippen LogP contribution in [0.5, 0.6) is 0 Å². The summed E-state index contributed by atoms with van der Waals surface area (Å²) < 4.78 is 19.8. The number of hydrogen-bond acceptors (Lipinski definition) is 4. The van der Waals surface area contributed by atoms with Crippen LogP contribution in [0.1, 0.15) is 0 Å². The summed E-state index contributed by atoms with van der Waals surface area (Å²) in [6.45, 7) is 0. The molecule has 10 aromatic carbocycles. The van der Waals surface area contributed by atoms with Gasteiger partial charge in [0.1, 0.15) is 33.5 Å². The van der Waals surface area contributed by atoms with E-state index in [0.29, 0.717) is 0 Å². The van der Waals surface area contributed by atoms with Crippen LogP contribution in [-0.2, 0) is 0 Å². The lowest BCUT2D eigenvalue weighted by Crippen LogP contribution is -2.09. The first-order valence-electron chi connectivity index (χ1n) is 21.7. The number of rotatable bonds is 7. The molecule has 0 bridgehead atoms. The van der Waals surface area contributed by atoms with Crippen molar-refractivity contribution in [1.82, 2.24) is 0 Å². The summed E-state index contributed by atoms with van der Waals surface area (Å²) in [6.07, 6.45) is 0. The van der Waals surface area contributed by atoms with E-state index < -0.39 is 0 Å². The highest BCUT2D eigenvalue weighted by Gasteiger charge is 2.20. The van der Waals surface area contributed by atoms with Gasteiger partial charge in [0.2, 0.25) is 0 Å². The van der Waals surface area contributed by atoms with Crippen LogP contribution in [0, 0.1) is 0 Å². The maximum absolute atomic E-state index is 6.94. The van der Waals surface area contributed by atoms with Gasteiger partial charge in [0.25, 0.3) is 0 Å². The Balaban J connectivity index is 0.898. The fourth-order valence-corrected chi connectivity index (χ4v) is 9.65. The summed E-state index contributed by atoms with van der Waals surface area (Å²) in [5.41, 5.74) is 17.1. The smallest absolute Gasteiger partial charge is 0.143 e. The zero-order chi connectivity index (χ0) is 42.1. The van der Waals surface area contributed by atoms with Crippen molar-refractivity contribution in [2.24, 2.45) is 0 Å². The van der Waals surface area contributed by atoms with E-state index in [4.69, 9.17) is 13.3 Å². The molecule has 0 aliphatic rings. The Morgan fingerprint density at radius 1 is 0.219 bits per heavy atom. The molecule has 13 rings (SSSR count). The Labute approximate surface area is 368 Å². The highest BCUT2D eigenvalue weighted by atomic mass is 16.3. The number of hydrogen-bond donors (Lipinski definition) is 0. The van der Waals surface area contributed by atoms with Gasteiger partial charge in [0.05, 0.1) is 0 Å². The topological polar surface area (TPSA) is 42.7 Å². The molecule has 0 radical (unpaired) electrons. The maximum Gasteiger partial charge on any atom is 0.143 e. The highest BCUT2D eigenvalue weighted by Crippen LogP contribution is 2.44. The molecule has 0 fully saturated rings. The Kier molecular flexibility index (Phi) is 8.18. The molecule has 64 heavy (non-hydrogen) atoms. The monoisotopic (exact) mass is 819 g/mol. The third kappa shape index (κ3) is 5.77. The molecule has 0 saturated heterocycles. The van der Waals surface area contributed by atoms with Gasteiger partial charge in [-0.3, -0.25) is 0 Å². The van der Waals surface area contributed by atoms with Crippen molar-refractivity contribution < 1.29 is 13.3 Å². The van der Waals surface area contributed by atoms with Gasteiger partial charge in [-0.05, 0) is 70.8 Å². The molecule has 0 aliphatic heterocycles. The SMILES string of the molecule is c1ccc(-c2ccc(N(c3ccc(-c4cccc5c4oc4ccccc45)cc3)c3ccc(-c4cccc5c4oc4c(-c6cccc7c6oc6ccccc67)cccc45)cc3)cc2)cc1. The van der Waals surface area contributed by atoms with E-state index in [9.17, 15) is 0 Å². The van der Waals surface area contributed by atoms with Crippen molar-refractivity contribution in [1.29, 1.82) is 0 Å². The van der Waals surface area contributed by atoms with Crippen LogP contribution in [0.15, 0.2) is 238 Å². The number of benzene rings is 10. The van der Waals surface area contributed by atoms with Gasteiger partial charge in [-0.1, -0.05) is 176 Å². The fraction of sp³-hybridized carbons (Fsp3) is 0. The van der Waals surface area contributed by atoms with Crippen LogP contribution in [0.4, 0.5) is 17.1 Å². The summed E-state index contributed by atoms with van der Waals surface area (Å²) in [6, 6.07) is 79.0. The number of para-hydroxylation sites is 6. The van der Waals surface area contributed by atoms with Gasteiger partial charge < -0.3 is 18.2 Å². The van der Waals surface area contributed by atoms with Crippen molar-refractivity contribution >= 4 is 82.9 Å². The Bertz CT molecular complexity index is 3870. The van der Waals surface area contributed by atoms with Crippen LogP contribution in [0.25, 0.3) is 110 Å². The van der Waals surface area contributed by atoms with Crippen molar-refractivity contribution in [3.63, 3.8) is 0 Å². The minimum atomic E-state index is 0.847. The summed E-state index contributed by atoms with van der Waals surface area (Å²) in [5.74, 6) is 0. The summed E-state index contributed by atoms with van der Waals surface area (Å²) >= 11 is 0. The molecule has 13 aromatic rings. The van der Waals surface area contributed by atoms with E-state index in [1.807, 2.05) is 24.3 Å². The second-order valence-corrected chi connectivity index (χ2v) is 16.4. The molecule has 3 aromatic heterocycles. The van der Waals surface area contributed by atoms with Gasteiger partial charge in [-0.25, -0.2) is 0 Å². The normalized spacial score (nSPS) is 11.8. The average molecular weight is 820 g/mol. The molecule has 0 amide bonds. The van der Waals surface area contributed by atoms with Crippen LogP contribution < -0.4 is 4.90 Å². The third-order valence-electron chi connectivity index (χ3n) is 12.7. The molecule has 0 aliphatic carbocycles. The van der Waals surface area contributed by atoms with Crippen molar-refractivity contribution in [3.8, 4) is 44.5 Å².